The van der Waals surface area contributed by atoms with Crippen LogP contribution in [0.25, 0.3) is 0 Å². The molecule has 0 saturated heterocycles. The molecule has 0 radical (unpaired) electrons. The molecule has 0 aliphatic heterocycles. The van der Waals surface area contributed by atoms with E-state index in [1.807, 2.05) is 20.8 Å². The van der Waals surface area contributed by atoms with Crippen molar-refractivity contribution in [3.8, 4) is 0 Å². The van der Waals surface area contributed by atoms with E-state index in [1.54, 1.807) is 11.0 Å². The van der Waals surface area contributed by atoms with Crippen molar-refractivity contribution in [2.75, 3.05) is 12.3 Å². The number of halogens is 2. The fraction of sp³-hybridized carbons (Fsp3) is 0.462. The van der Waals surface area contributed by atoms with Gasteiger partial charge in [-0.3, -0.25) is 4.79 Å². The topological polar surface area (TPSA) is 46.3 Å². The number of hydrogen-bond donors (Lipinski definition) is 1. The summed E-state index contributed by atoms with van der Waals surface area (Å²) in [5.41, 5.74) is 6.50. The first-order chi connectivity index (χ1) is 8.42. The molecule has 1 aromatic carbocycles. The number of carbonyl (C=O) groups excluding carboxylic acids is 1. The Morgan fingerprint density at radius 3 is 2.50 bits per heavy atom. The minimum Gasteiger partial charge on any atom is -0.397 e. The summed E-state index contributed by atoms with van der Waals surface area (Å²) >= 11 is 11.9. The molecule has 0 heterocycles. The van der Waals surface area contributed by atoms with Crippen LogP contribution < -0.4 is 5.73 Å². The van der Waals surface area contributed by atoms with Crippen molar-refractivity contribution < 1.29 is 4.79 Å². The van der Waals surface area contributed by atoms with Crippen LogP contribution in [0.2, 0.25) is 10.0 Å². The largest absolute Gasteiger partial charge is 0.397 e. The van der Waals surface area contributed by atoms with E-state index in [4.69, 9.17) is 28.9 Å². The van der Waals surface area contributed by atoms with Gasteiger partial charge in [0.1, 0.15) is 0 Å². The quantitative estimate of drug-likeness (QED) is 0.856. The molecule has 5 heteroatoms. The normalized spacial score (nSPS) is 12.3. The van der Waals surface area contributed by atoms with Crippen molar-refractivity contribution in [1.29, 1.82) is 0 Å². The van der Waals surface area contributed by atoms with E-state index in [0.717, 1.165) is 6.42 Å². The lowest BCUT2D eigenvalue weighted by atomic mass is 10.1. The van der Waals surface area contributed by atoms with Gasteiger partial charge in [-0.2, -0.15) is 0 Å². The Bertz CT molecular complexity index is 449. The summed E-state index contributed by atoms with van der Waals surface area (Å²) in [7, 11) is 0. The summed E-state index contributed by atoms with van der Waals surface area (Å²) in [6.45, 7) is 6.60. The number of nitrogens with two attached hydrogens (primary N) is 1. The van der Waals surface area contributed by atoms with E-state index in [9.17, 15) is 4.79 Å². The SMILES string of the molecule is CCC(C)N(CC)C(=O)c1cc(Cl)cc(Cl)c1N. The van der Waals surface area contributed by atoms with Gasteiger partial charge in [0.15, 0.2) is 0 Å². The smallest absolute Gasteiger partial charge is 0.256 e. The first-order valence-electron chi connectivity index (χ1n) is 5.97. The molecule has 0 aliphatic carbocycles. The zero-order chi connectivity index (χ0) is 13.9. The Morgan fingerprint density at radius 1 is 1.39 bits per heavy atom. The summed E-state index contributed by atoms with van der Waals surface area (Å²) in [5.74, 6) is -0.131. The molecule has 100 valence electrons. The Labute approximate surface area is 118 Å². The van der Waals surface area contributed by atoms with Gasteiger partial charge >= 0.3 is 0 Å². The predicted octanol–water partition coefficient (Wildman–Crippen LogP) is 3.84. The van der Waals surface area contributed by atoms with Crippen molar-refractivity contribution in [3.63, 3.8) is 0 Å². The molecular weight excluding hydrogens is 271 g/mol. The molecule has 1 amide bonds. The summed E-state index contributed by atoms with van der Waals surface area (Å²) in [6.07, 6.45) is 0.883. The van der Waals surface area contributed by atoms with E-state index in [0.29, 0.717) is 22.2 Å². The number of amides is 1. The van der Waals surface area contributed by atoms with Crippen molar-refractivity contribution in [3.05, 3.63) is 27.7 Å². The molecule has 1 rings (SSSR count). The minimum atomic E-state index is -0.131. The van der Waals surface area contributed by atoms with Crippen molar-refractivity contribution in [2.24, 2.45) is 0 Å². The Kier molecular flexibility index (Phi) is 5.29. The van der Waals surface area contributed by atoms with E-state index in [-0.39, 0.29) is 17.6 Å². The second-order valence-corrected chi connectivity index (χ2v) is 5.04. The van der Waals surface area contributed by atoms with Crippen LogP contribution in [0.4, 0.5) is 5.69 Å². The number of anilines is 1. The lowest BCUT2D eigenvalue weighted by molar-refractivity contribution is 0.0701. The summed E-state index contributed by atoms with van der Waals surface area (Å²) in [6, 6.07) is 3.25. The zero-order valence-electron chi connectivity index (χ0n) is 10.8. The molecule has 0 aliphatic rings. The Balaban J connectivity index is 3.17. The molecular formula is C13H18Cl2N2O. The fourth-order valence-electron chi connectivity index (χ4n) is 1.79. The van der Waals surface area contributed by atoms with E-state index in [1.165, 1.54) is 6.07 Å². The third-order valence-electron chi connectivity index (χ3n) is 3.05. The number of benzene rings is 1. The molecule has 18 heavy (non-hydrogen) atoms. The van der Waals surface area contributed by atoms with E-state index >= 15 is 0 Å². The highest BCUT2D eigenvalue weighted by Crippen LogP contribution is 2.29. The average molecular weight is 289 g/mol. The molecule has 0 saturated carbocycles. The zero-order valence-corrected chi connectivity index (χ0v) is 12.3. The van der Waals surface area contributed by atoms with E-state index in [2.05, 4.69) is 0 Å². The lowest BCUT2D eigenvalue weighted by Gasteiger charge is -2.28. The highest BCUT2D eigenvalue weighted by atomic mass is 35.5. The maximum Gasteiger partial charge on any atom is 0.256 e. The Morgan fingerprint density at radius 2 is 2.00 bits per heavy atom. The molecule has 0 aromatic heterocycles. The van der Waals surface area contributed by atoms with Crippen LogP contribution in [0.1, 0.15) is 37.6 Å². The van der Waals surface area contributed by atoms with Gasteiger partial charge in [-0.05, 0) is 32.4 Å². The molecule has 2 N–H and O–H groups in total. The maximum absolute atomic E-state index is 12.4. The third kappa shape index (κ3) is 3.09. The number of nitrogen functional groups attached to an aromatic ring is 1. The second-order valence-electron chi connectivity index (χ2n) is 4.20. The highest BCUT2D eigenvalue weighted by molar-refractivity contribution is 6.37. The van der Waals surface area contributed by atoms with E-state index < -0.39 is 0 Å². The van der Waals surface area contributed by atoms with Crippen LogP contribution in [0.5, 0.6) is 0 Å². The van der Waals surface area contributed by atoms with Gasteiger partial charge in [0.25, 0.3) is 5.91 Å². The highest BCUT2D eigenvalue weighted by Gasteiger charge is 2.22. The second kappa shape index (κ2) is 6.30. The summed E-state index contributed by atoms with van der Waals surface area (Å²) in [4.78, 5) is 14.2. The van der Waals surface area contributed by atoms with Crippen LogP contribution in [-0.4, -0.2) is 23.4 Å². The number of nitrogens with zero attached hydrogens (tertiary/aromatic N) is 1. The van der Waals surface area contributed by atoms with Crippen molar-refractivity contribution in [2.45, 2.75) is 33.2 Å². The number of rotatable bonds is 4. The van der Waals surface area contributed by atoms with Gasteiger partial charge in [-0.15, -0.1) is 0 Å². The predicted molar refractivity (Wildman–Crippen MR) is 77.3 cm³/mol. The van der Waals surface area contributed by atoms with Crippen molar-refractivity contribution in [1.82, 2.24) is 4.90 Å². The molecule has 1 aromatic rings. The Hall–Kier alpha value is -0.930. The molecule has 0 fully saturated rings. The van der Waals surface area contributed by atoms with Gasteiger partial charge in [-0.25, -0.2) is 0 Å². The fourth-order valence-corrected chi connectivity index (χ4v) is 2.29. The molecule has 1 atom stereocenters. The van der Waals surface area contributed by atoms with Crippen LogP contribution >= 0.6 is 23.2 Å². The van der Waals surface area contributed by atoms with Gasteiger partial charge in [0, 0.05) is 17.6 Å². The summed E-state index contributed by atoms with van der Waals surface area (Å²) < 4.78 is 0. The average Bonchev–Trinajstić information content (AvgIpc) is 2.34. The number of hydrogen-bond acceptors (Lipinski definition) is 2. The molecule has 0 spiro atoms. The van der Waals surface area contributed by atoms with Gasteiger partial charge in [0.05, 0.1) is 16.3 Å². The summed E-state index contributed by atoms with van der Waals surface area (Å²) in [5, 5.41) is 0.726. The lowest BCUT2D eigenvalue weighted by Crippen LogP contribution is -2.38. The van der Waals surface area contributed by atoms with Crippen LogP contribution in [0, 0.1) is 0 Å². The van der Waals surface area contributed by atoms with Gasteiger partial charge in [0.2, 0.25) is 0 Å². The number of carbonyl (C=O) groups is 1. The standard InChI is InChI=1S/C13H18Cl2N2O/c1-4-8(3)17(5-2)13(18)10-6-9(14)7-11(15)12(10)16/h6-8H,4-5,16H2,1-3H3. The first kappa shape index (κ1) is 15.1. The molecule has 1 unspecified atom stereocenters. The maximum atomic E-state index is 12.4. The first-order valence-corrected chi connectivity index (χ1v) is 6.73. The third-order valence-corrected chi connectivity index (χ3v) is 3.58. The van der Waals surface area contributed by atoms with Gasteiger partial charge < -0.3 is 10.6 Å². The monoisotopic (exact) mass is 288 g/mol. The molecule has 0 bridgehead atoms. The van der Waals surface area contributed by atoms with Crippen molar-refractivity contribution >= 4 is 34.8 Å². The minimum absolute atomic E-state index is 0.131. The van der Waals surface area contributed by atoms with Crippen LogP contribution in [0.15, 0.2) is 12.1 Å². The molecule has 3 nitrogen and oxygen atoms in total. The van der Waals surface area contributed by atoms with Crippen LogP contribution in [0.3, 0.4) is 0 Å². The van der Waals surface area contributed by atoms with Gasteiger partial charge in [-0.1, -0.05) is 30.1 Å². The van der Waals surface area contributed by atoms with Crippen LogP contribution in [-0.2, 0) is 0 Å².